The SMILES string of the molecule is CN=C(NCCc1ccc(OC)cc1)NCC(C)(C)CN(C)C. The van der Waals surface area contributed by atoms with Crippen molar-refractivity contribution < 1.29 is 4.74 Å². The lowest BCUT2D eigenvalue weighted by molar-refractivity contribution is 0.241. The van der Waals surface area contributed by atoms with Crippen LogP contribution in [0.1, 0.15) is 19.4 Å². The molecule has 0 bridgehead atoms. The maximum absolute atomic E-state index is 5.17. The molecule has 0 aliphatic carbocycles. The second-order valence-electron chi connectivity index (χ2n) is 6.85. The highest BCUT2D eigenvalue weighted by Crippen LogP contribution is 2.14. The minimum Gasteiger partial charge on any atom is -0.497 e. The van der Waals surface area contributed by atoms with Crippen molar-refractivity contribution in [3.05, 3.63) is 29.8 Å². The number of rotatable bonds is 8. The van der Waals surface area contributed by atoms with Gasteiger partial charge < -0.3 is 20.3 Å². The molecule has 0 atom stereocenters. The largest absolute Gasteiger partial charge is 0.497 e. The predicted octanol–water partition coefficient (Wildman–Crippen LogP) is 1.99. The molecule has 0 amide bonds. The Morgan fingerprint density at radius 2 is 1.83 bits per heavy atom. The zero-order valence-electron chi connectivity index (χ0n) is 15.4. The maximum atomic E-state index is 5.17. The van der Waals surface area contributed by atoms with Crippen LogP contribution in [0, 0.1) is 5.41 Å². The Labute approximate surface area is 141 Å². The molecule has 1 aromatic rings. The van der Waals surface area contributed by atoms with E-state index in [0.29, 0.717) is 0 Å². The first-order valence-corrected chi connectivity index (χ1v) is 8.08. The Morgan fingerprint density at radius 3 is 2.35 bits per heavy atom. The van der Waals surface area contributed by atoms with Crippen molar-refractivity contribution in [3.8, 4) is 5.75 Å². The fourth-order valence-corrected chi connectivity index (χ4v) is 2.57. The van der Waals surface area contributed by atoms with Gasteiger partial charge in [-0.25, -0.2) is 0 Å². The average Bonchev–Trinajstić information content (AvgIpc) is 2.50. The van der Waals surface area contributed by atoms with Crippen molar-refractivity contribution >= 4 is 5.96 Å². The Bertz CT molecular complexity index is 480. The summed E-state index contributed by atoms with van der Waals surface area (Å²) in [5.41, 5.74) is 1.47. The molecule has 0 unspecified atom stereocenters. The van der Waals surface area contributed by atoms with E-state index in [1.54, 1.807) is 7.11 Å². The van der Waals surface area contributed by atoms with Gasteiger partial charge in [0.25, 0.3) is 0 Å². The van der Waals surface area contributed by atoms with Crippen molar-refractivity contribution in [2.75, 3.05) is 47.9 Å². The Balaban J connectivity index is 2.36. The standard InChI is InChI=1S/C18H32N4O/c1-18(2,14-22(4)5)13-21-17(19-3)20-12-11-15-7-9-16(23-6)10-8-15/h7-10H,11-14H2,1-6H3,(H2,19,20,21). The number of benzene rings is 1. The molecule has 5 heteroatoms. The van der Waals surface area contributed by atoms with Crippen LogP contribution in [0.5, 0.6) is 5.75 Å². The van der Waals surface area contributed by atoms with Crippen LogP contribution < -0.4 is 15.4 Å². The van der Waals surface area contributed by atoms with Crippen LogP contribution >= 0.6 is 0 Å². The second kappa shape index (κ2) is 9.40. The first-order chi connectivity index (χ1) is 10.9. The highest BCUT2D eigenvalue weighted by Gasteiger charge is 2.19. The number of hydrogen-bond acceptors (Lipinski definition) is 3. The van der Waals surface area contributed by atoms with Crippen molar-refractivity contribution in [1.82, 2.24) is 15.5 Å². The molecular weight excluding hydrogens is 288 g/mol. The van der Waals surface area contributed by atoms with Gasteiger partial charge in [-0.3, -0.25) is 4.99 Å². The lowest BCUT2D eigenvalue weighted by atomic mass is 9.93. The van der Waals surface area contributed by atoms with Gasteiger partial charge >= 0.3 is 0 Å². The molecule has 5 nitrogen and oxygen atoms in total. The van der Waals surface area contributed by atoms with Crippen LogP contribution in [0.2, 0.25) is 0 Å². The van der Waals surface area contributed by atoms with E-state index in [1.807, 2.05) is 19.2 Å². The van der Waals surface area contributed by atoms with Gasteiger partial charge in [-0.15, -0.1) is 0 Å². The van der Waals surface area contributed by atoms with Crippen LogP contribution in [0.3, 0.4) is 0 Å². The molecule has 0 aliphatic rings. The fourth-order valence-electron chi connectivity index (χ4n) is 2.57. The van der Waals surface area contributed by atoms with E-state index >= 15 is 0 Å². The summed E-state index contributed by atoms with van der Waals surface area (Å²) in [7, 11) is 7.69. The van der Waals surface area contributed by atoms with Crippen LogP contribution in [0.4, 0.5) is 0 Å². The second-order valence-corrected chi connectivity index (χ2v) is 6.85. The summed E-state index contributed by atoms with van der Waals surface area (Å²) in [6.45, 7) is 7.27. The quantitative estimate of drug-likeness (QED) is 0.568. The zero-order chi connectivity index (χ0) is 17.3. The molecule has 2 N–H and O–H groups in total. The number of methoxy groups -OCH3 is 1. The molecule has 0 aromatic heterocycles. The molecule has 23 heavy (non-hydrogen) atoms. The van der Waals surface area contributed by atoms with Crippen LogP contribution in [0.25, 0.3) is 0 Å². The number of ether oxygens (including phenoxy) is 1. The van der Waals surface area contributed by atoms with Gasteiger partial charge in [0.2, 0.25) is 0 Å². The van der Waals surface area contributed by atoms with E-state index in [9.17, 15) is 0 Å². The minimum atomic E-state index is 0.192. The molecule has 1 rings (SSSR count). The Kier molecular flexibility index (Phi) is 7.89. The Morgan fingerprint density at radius 1 is 1.17 bits per heavy atom. The summed E-state index contributed by atoms with van der Waals surface area (Å²) in [5.74, 6) is 1.74. The number of aliphatic imine (C=N–C) groups is 1. The Hall–Kier alpha value is -1.75. The molecular formula is C18H32N4O. The summed E-state index contributed by atoms with van der Waals surface area (Å²) < 4.78 is 5.17. The van der Waals surface area contributed by atoms with E-state index < -0.39 is 0 Å². The molecule has 0 heterocycles. The van der Waals surface area contributed by atoms with Crippen molar-refractivity contribution in [1.29, 1.82) is 0 Å². The monoisotopic (exact) mass is 320 g/mol. The normalized spacial score (nSPS) is 12.4. The summed E-state index contributed by atoms with van der Waals surface area (Å²) in [6.07, 6.45) is 0.950. The molecule has 0 saturated heterocycles. The van der Waals surface area contributed by atoms with Gasteiger partial charge in [0.15, 0.2) is 5.96 Å². The third kappa shape index (κ3) is 7.88. The van der Waals surface area contributed by atoms with Gasteiger partial charge in [-0.05, 0) is 43.6 Å². The predicted molar refractivity (Wildman–Crippen MR) is 98.4 cm³/mol. The lowest BCUT2D eigenvalue weighted by Gasteiger charge is -2.29. The lowest BCUT2D eigenvalue weighted by Crippen LogP contribution is -2.45. The summed E-state index contributed by atoms with van der Waals surface area (Å²) >= 11 is 0. The smallest absolute Gasteiger partial charge is 0.191 e. The number of nitrogens with zero attached hydrogens (tertiary/aromatic N) is 2. The highest BCUT2D eigenvalue weighted by molar-refractivity contribution is 5.79. The van der Waals surface area contributed by atoms with Gasteiger partial charge in [0.05, 0.1) is 7.11 Å². The molecule has 0 saturated carbocycles. The topological polar surface area (TPSA) is 48.9 Å². The van der Waals surface area contributed by atoms with Crippen LogP contribution in [0.15, 0.2) is 29.3 Å². The number of nitrogens with one attached hydrogen (secondary N) is 2. The van der Waals surface area contributed by atoms with Gasteiger partial charge in [0, 0.05) is 26.7 Å². The van der Waals surface area contributed by atoms with Crippen molar-refractivity contribution in [3.63, 3.8) is 0 Å². The van der Waals surface area contributed by atoms with E-state index in [-0.39, 0.29) is 5.41 Å². The number of hydrogen-bond donors (Lipinski definition) is 2. The van der Waals surface area contributed by atoms with Gasteiger partial charge in [-0.2, -0.15) is 0 Å². The van der Waals surface area contributed by atoms with Crippen molar-refractivity contribution in [2.24, 2.45) is 10.4 Å². The van der Waals surface area contributed by atoms with Crippen molar-refractivity contribution in [2.45, 2.75) is 20.3 Å². The molecule has 0 spiro atoms. The van der Waals surface area contributed by atoms with Gasteiger partial charge in [0.1, 0.15) is 5.75 Å². The highest BCUT2D eigenvalue weighted by atomic mass is 16.5. The van der Waals surface area contributed by atoms with Crippen LogP contribution in [-0.4, -0.2) is 58.7 Å². The average molecular weight is 320 g/mol. The summed E-state index contributed by atoms with van der Waals surface area (Å²) in [4.78, 5) is 6.50. The molecule has 0 fully saturated rings. The summed E-state index contributed by atoms with van der Waals surface area (Å²) in [6, 6.07) is 8.17. The van der Waals surface area contributed by atoms with Crippen LogP contribution in [-0.2, 0) is 6.42 Å². The maximum Gasteiger partial charge on any atom is 0.191 e. The molecule has 0 aliphatic heterocycles. The minimum absolute atomic E-state index is 0.192. The van der Waals surface area contributed by atoms with E-state index in [1.165, 1.54) is 5.56 Å². The van der Waals surface area contributed by atoms with E-state index in [4.69, 9.17) is 4.74 Å². The fraction of sp³-hybridized carbons (Fsp3) is 0.611. The number of guanidine groups is 1. The van der Waals surface area contributed by atoms with E-state index in [2.05, 4.69) is 60.6 Å². The zero-order valence-corrected chi connectivity index (χ0v) is 15.4. The third-order valence-corrected chi connectivity index (χ3v) is 3.57. The summed E-state index contributed by atoms with van der Waals surface area (Å²) in [5, 5.41) is 6.78. The first kappa shape index (κ1) is 19.3. The first-order valence-electron chi connectivity index (χ1n) is 8.08. The molecule has 130 valence electrons. The molecule has 0 radical (unpaired) electrons. The van der Waals surface area contributed by atoms with E-state index in [0.717, 1.165) is 37.8 Å². The molecule has 1 aromatic carbocycles. The van der Waals surface area contributed by atoms with Gasteiger partial charge in [-0.1, -0.05) is 26.0 Å². The third-order valence-electron chi connectivity index (χ3n) is 3.57.